The molecule has 2 atom stereocenters. The van der Waals surface area contributed by atoms with Gasteiger partial charge in [0.15, 0.2) is 0 Å². The quantitative estimate of drug-likeness (QED) is 0.834. The molecule has 0 aromatic heterocycles. The highest BCUT2D eigenvalue weighted by Crippen LogP contribution is 2.12. The summed E-state index contributed by atoms with van der Waals surface area (Å²) in [6.45, 7) is 1.51. The molecule has 0 aliphatic carbocycles. The molecule has 0 aliphatic heterocycles. The summed E-state index contributed by atoms with van der Waals surface area (Å²) in [4.78, 5) is 22.8. The summed E-state index contributed by atoms with van der Waals surface area (Å²) in [5, 5.41) is 19.8. The highest BCUT2D eigenvalue weighted by molar-refractivity contribution is 5.85. The zero-order valence-corrected chi connectivity index (χ0v) is 11.3. The van der Waals surface area contributed by atoms with E-state index >= 15 is 0 Å². The molecule has 0 unspecified atom stereocenters. The number of amides is 1. The monoisotopic (exact) mass is 296 g/mol. The van der Waals surface area contributed by atoms with Crippen LogP contribution < -0.4 is 5.32 Å². The SMILES string of the molecule is C[C@@H](CC#N)[C@H](NC(=O)Cc1ccc(F)cc1F)C(=O)O. The van der Waals surface area contributed by atoms with Gasteiger partial charge in [-0.05, 0) is 11.6 Å². The van der Waals surface area contributed by atoms with Gasteiger partial charge in [0.25, 0.3) is 0 Å². The summed E-state index contributed by atoms with van der Waals surface area (Å²) in [6.07, 6.45) is -0.447. The molecule has 112 valence electrons. The van der Waals surface area contributed by atoms with Crippen molar-refractivity contribution in [1.82, 2.24) is 5.32 Å². The number of nitriles is 1. The number of benzene rings is 1. The second-order valence-corrected chi connectivity index (χ2v) is 4.64. The van der Waals surface area contributed by atoms with Crippen LogP contribution >= 0.6 is 0 Å². The number of carbonyl (C=O) groups excluding carboxylic acids is 1. The van der Waals surface area contributed by atoms with Crippen molar-refractivity contribution in [2.75, 3.05) is 0 Å². The van der Waals surface area contributed by atoms with Crippen LogP contribution in [0.15, 0.2) is 18.2 Å². The highest BCUT2D eigenvalue weighted by atomic mass is 19.1. The third-order valence-corrected chi connectivity index (χ3v) is 2.93. The maximum Gasteiger partial charge on any atom is 0.326 e. The lowest BCUT2D eigenvalue weighted by atomic mass is 9.98. The first kappa shape index (κ1) is 16.6. The number of carbonyl (C=O) groups is 2. The molecule has 2 N–H and O–H groups in total. The number of carboxylic acid groups (broad SMARTS) is 1. The minimum Gasteiger partial charge on any atom is -0.480 e. The molecule has 0 aliphatic rings. The van der Waals surface area contributed by atoms with E-state index in [0.29, 0.717) is 6.07 Å². The molecule has 0 saturated heterocycles. The van der Waals surface area contributed by atoms with E-state index in [1.807, 2.05) is 6.07 Å². The van der Waals surface area contributed by atoms with E-state index in [1.54, 1.807) is 0 Å². The second-order valence-electron chi connectivity index (χ2n) is 4.64. The number of halogens is 2. The molecule has 7 heteroatoms. The third kappa shape index (κ3) is 4.84. The van der Waals surface area contributed by atoms with E-state index in [9.17, 15) is 18.4 Å². The lowest BCUT2D eigenvalue weighted by molar-refractivity contribution is -0.143. The van der Waals surface area contributed by atoms with Crippen LogP contribution in [0.3, 0.4) is 0 Å². The fraction of sp³-hybridized carbons (Fsp3) is 0.357. The first-order chi connectivity index (χ1) is 9.85. The van der Waals surface area contributed by atoms with Crippen LogP contribution in [0.4, 0.5) is 8.78 Å². The summed E-state index contributed by atoms with van der Waals surface area (Å²) in [6, 6.07) is 3.37. The second kappa shape index (κ2) is 7.33. The average Bonchev–Trinajstić information content (AvgIpc) is 2.39. The molecule has 5 nitrogen and oxygen atoms in total. The van der Waals surface area contributed by atoms with Crippen molar-refractivity contribution in [2.24, 2.45) is 5.92 Å². The Bertz CT molecular complexity index is 584. The van der Waals surface area contributed by atoms with Gasteiger partial charge in [0, 0.05) is 18.4 Å². The van der Waals surface area contributed by atoms with Gasteiger partial charge in [0.05, 0.1) is 12.5 Å². The Labute approximate surface area is 120 Å². The fourth-order valence-corrected chi connectivity index (χ4v) is 1.77. The number of nitrogens with one attached hydrogen (secondary N) is 1. The normalized spacial score (nSPS) is 13.0. The maximum atomic E-state index is 13.4. The molecule has 21 heavy (non-hydrogen) atoms. The summed E-state index contributed by atoms with van der Waals surface area (Å²) in [5.41, 5.74) is -0.0361. The lowest BCUT2D eigenvalue weighted by Crippen LogP contribution is -2.45. The molecular formula is C14H14F2N2O3. The van der Waals surface area contributed by atoms with E-state index in [-0.39, 0.29) is 12.0 Å². The summed E-state index contributed by atoms with van der Waals surface area (Å²) >= 11 is 0. The van der Waals surface area contributed by atoms with Gasteiger partial charge in [-0.25, -0.2) is 13.6 Å². The standard InChI is InChI=1S/C14H14F2N2O3/c1-8(4-5-17)13(14(20)21)18-12(19)6-9-2-3-10(15)7-11(9)16/h2-3,7-8,13H,4,6H2,1H3,(H,18,19)(H,20,21)/t8-,13-/m0/s1. The zero-order chi connectivity index (χ0) is 16.0. The fourth-order valence-electron chi connectivity index (χ4n) is 1.77. The minimum absolute atomic E-state index is 0.0361. The molecule has 0 bridgehead atoms. The van der Waals surface area contributed by atoms with Crippen LogP contribution in [0.25, 0.3) is 0 Å². The van der Waals surface area contributed by atoms with Crippen molar-refractivity contribution in [3.63, 3.8) is 0 Å². The number of nitrogens with zero attached hydrogens (tertiary/aromatic N) is 1. The Hall–Kier alpha value is -2.49. The van der Waals surface area contributed by atoms with Gasteiger partial charge in [-0.1, -0.05) is 13.0 Å². The Morgan fingerprint density at radius 1 is 1.43 bits per heavy atom. The predicted molar refractivity (Wildman–Crippen MR) is 69.0 cm³/mol. The van der Waals surface area contributed by atoms with Gasteiger partial charge in [0.2, 0.25) is 5.91 Å². The van der Waals surface area contributed by atoms with Crippen molar-refractivity contribution in [3.05, 3.63) is 35.4 Å². The van der Waals surface area contributed by atoms with E-state index in [4.69, 9.17) is 10.4 Å². The van der Waals surface area contributed by atoms with Crippen molar-refractivity contribution in [1.29, 1.82) is 5.26 Å². The summed E-state index contributed by atoms with van der Waals surface area (Å²) in [5.74, 6) is -4.21. The van der Waals surface area contributed by atoms with Gasteiger partial charge in [0.1, 0.15) is 17.7 Å². The van der Waals surface area contributed by atoms with E-state index < -0.39 is 41.9 Å². The number of carboxylic acids is 1. The molecule has 1 amide bonds. The van der Waals surface area contributed by atoms with Crippen molar-refractivity contribution in [2.45, 2.75) is 25.8 Å². The van der Waals surface area contributed by atoms with Crippen LogP contribution in [0.5, 0.6) is 0 Å². The topological polar surface area (TPSA) is 90.2 Å². The Kier molecular flexibility index (Phi) is 5.79. The molecule has 0 saturated carbocycles. The number of aliphatic carboxylic acids is 1. The Morgan fingerprint density at radius 3 is 2.62 bits per heavy atom. The Morgan fingerprint density at radius 2 is 2.10 bits per heavy atom. The molecule has 0 radical (unpaired) electrons. The van der Waals surface area contributed by atoms with Gasteiger partial charge in [-0.3, -0.25) is 4.79 Å². The average molecular weight is 296 g/mol. The predicted octanol–water partition coefficient (Wildman–Crippen LogP) is 1.63. The first-order valence-corrected chi connectivity index (χ1v) is 6.18. The van der Waals surface area contributed by atoms with Crippen molar-refractivity contribution >= 4 is 11.9 Å². The highest BCUT2D eigenvalue weighted by Gasteiger charge is 2.26. The number of hydrogen-bond donors (Lipinski definition) is 2. The van der Waals surface area contributed by atoms with Crippen molar-refractivity contribution in [3.8, 4) is 6.07 Å². The molecule has 0 fully saturated rings. The van der Waals surface area contributed by atoms with Gasteiger partial charge in [-0.15, -0.1) is 0 Å². The molecule has 0 heterocycles. The smallest absolute Gasteiger partial charge is 0.326 e. The zero-order valence-electron chi connectivity index (χ0n) is 11.3. The van der Waals surface area contributed by atoms with Crippen LogP contribution in [0.1, 0.15) is 18.9 Å². The van der Waals surface area contributed by atoms with E-state index in [2.05, 4.69) is 5.32 Å². The molecule has 0 spiro atoms. The van der Waals surface area contributed by atoms with Crippen LogP contribution in [-0.2, 0) is 16.0 Å². The summed E-state index contributed by atoms with van der Waals surface area (Å²) < 4.78 is 26.1. The molecular weight excluding hydrogens is 282 g/mol. The van der Waals surface area contributed by atoms with Crippen molar-refractivity contribution < 1.29 is 23.5 Å². The van der Waals surface area contributed by atoms with E-state index in [1.165, 1.54) is 6.92 Å². The maximum absolute atomic E-state index is 13.4. The number of hydrogen-bond acceptors (Lipinski definition) is 3. The molecule has 1 aromatic carbocycles. The third-order valence-electron chi connectivity index (χ3n) is 2.93. The minimum atomic E-state index is -1.27. The summed E-state index contributed by atoms with van der Waals surface area (Å²) in [7, 11) is 0. The van der Waals surface area contributed by atoms with Gasteiger partial charge in [-0.2, -0.15) is 5.26 Å². The largest absolute Gasteiger partial charge is 0.480 e. The van der Waals surface area contributed by atoms with Gasteiger partial charge >= 0.3 is 5.97 Å². The van der Waals surface area contributed by atoms with Crippen LogP contribution in [0.2, 0.25) is 0 Å². The van der Waals surface area contributed by atoms with Crippen LogP contribution in [0, 0.1) is 28.9 Å². The molecule has 1 rings (SSSR count). The number of rotatable bonds is 6. The molecule has 1 aromatic rings. The Balaban J connectivity index is 2.74. The van der Waals surface area contributed by atoms with Gasteiger partial charge < -0.3 is 10.4 Å². The first-order valence-electron chi connectivity index (χ1n) is 6.18. The lowest BCUT2D eigenvalue weighted by Gasteiger charge is -2.19. The van der Waals surface area contributed by atoms with E-state index in [0.717, 1.165) is 12.1 Å². The van der Waals surface area contributed by atoms with Crippen LogP contribution in [-0.4, -0.2) is 23.0 Å².